The van der Waals surface area contributed by atoms with Gasteiger partial charge in [-0.1, -0.05) is 13.8 Å². The molecule has 0 amide bonds. The molecule has 0 bridgehead atoms. The number of hydrogen-bond acceptors (Lipinski definition) is 2. The van der Waals surface area contributed by atoms with Crippen LogP contribution in [0.5, 0.6) is 0 Å². The Morgan fingerprint density at radius 1 is 0.786 bits per heavy atom. The van der Waals surface area contributed by atoms with Crippen LogP contribution in [0, 0.1) is 23.7 Å². The molecule has 2 heteroatoms. The van der Waals surface area contributed by atoms with Crippen molar-refractivity contribution in [1.82, 2.24) is 0 Å². The molecule has 0 aromatic rings. The zero-order chi connectivity index (χ0) is 10.6. The van der Waals surface area contributed by atoms with Crippen molar-refractivity contribution in [2.45, 2.75) is 39.5 Å². The van der Waals surface area contributed by atoms with E-state index >= 15 is 0 Å². The van der Waals surface area contributed by atoms with E-state index in [1.807, 2.05) is 0 Å². The molecule has 1 rings (SSSR count). The minimum Gasteiger partial charge on any atom is -0.303 e. The molecule has 1 saturated carbocycles. The van der Waals surface area contributed by atoms with Gasteiger partial charge in [-0.15, -0.1) is 0 Å². The fraction of sp³-hybridized carbons (Fsp3) is 0.833. The van der Waals surface area contributed by atoms with Gasteiger partial charge in [0.15, 0.2) is 0 Å². The largest absolute Gasteiger partial charge is 0.303 e. The van der Waals surface area contributed by atoms with E-state index in [0.717, 1.165) is 38.3 Å². The highest BCUT2D eigenvalue weighted by Crippen LogP contribution is 2.31. The number of carbonyl (C=O) groups excluding carboxylic acids is 2. The molecule has 4 unspecified atom stereocenters. The maximum atomic E-state index is 10.8. The van der Waals surface area contributed by atoms with Crippen LogP contribution < -0.4 is 0 Å². The molecule has 80 valence electrons. The third-order valence-corrected chi connectivity index (χ3v) is 3.72. The Balaban J connectivity index is 2.60. The lowest BCUT2D eigenvalue weighted by Crippen LogP contribution is -2.23. The molecule has 1 aliphatic rings. The maximum absolute atomic E-state index is 10.8. The number of hydrogen-bond donors (Lipinski definition) is 0. The second kappa shape index (κ2) is 5.28. The van der Waals surface area contributed by atoms with E-state index in [0.29, 0.717) is 11.8 Å². The van der Waals surface area contributed by atoms with Crippen LogP contribution in [0.2, 0.25) is 0 Å². The summed E-state index contributed by atoms with van der Waals surface area (Å²) in [6, 6.07) is 0. The second-order valence-electron chi connectivity index (χ2n) is 4.71. The van der Waals surface area contributed by atoms with Crippen molar-refractivity contribution >= 4 is 12.6 Å². The van der Waals surface area contributed by atoms with Crippen molar-refractivity contribution in [2.75, 3.05) is 0 Å². The van der Waals surface area contributed by atoms with Crippen LogP contribution >= 0.6 is 0 Å². The Morgan fingerprint density at radius 3 is 1.43 bits per heavy atom. The molecule has 1 aliphatic carbocycles. The van der Waals surface area contributed by atoms with Gasteiger partial charge < -0.3 is 9.59 Å². The highest BCUT2D eigenvalue weighted by Gasteiger charge is 2.25. The summed E-state index contributed by atoms with van der Waals surface area (Å²) in [4.78, 5) is 21.6. The van der Waals surface area contributed by atoms with Gasteiger partial charge >= 0.3 is 0 Å². The molecular weight excluding hydrogens is 176 g/mol. The van der Waals surface area contributed by atoms with Crippen LogP contribution in [0.4, 0.5) is 0 Å². The van der Waals surface area contributed by atoms with Gasteiger partial charge in [-0.25, -0.2) is 0 Å². The number of carbonyl (C=O) groups is 2. The molecule has 0 heterocycles. The molecule has 0 N–H and O–H groups in total. The predicted molar refractivity (Wildman–Crippen MR) is 55.9 cm³/mol. The van der Waals surface area contributed by atoms with Gasteiger partial charge in [0.25, 0.3) is 0 Å². The lowest BCUT2D eigenvalue weighted by atomic mass is 9.76. The van der Waals surface area contributed by atoms with Crippen molar-refractivity contribution in [1.29, 1.82) is 0 Å². The molecule has 0 spiro atoms. The van der Waals surface area contributed by atoms with Crippen molar-refractivity contribution in [3.05, 3.63) is 0 Å². The molecule has 0 saturated heterocycles. The van der Waals surface area contributed by atoms with Gasteiger partial charge in [-0.2, -0.15) is 0 Å². The Kier molecular flexibility index (Phi) is 4.30. The lowest BCUT2D eigenvalue weighted by Gasteiger charge is -2.28. The topological polar surface area (TPSA) is 34.1 Å². The predicted octanol–water partition coefficient (Wildman–Crippen LogP) is 2.46. The van der Waals surface area contributed by atoms with Gasteiger partial charge in [-0.05, 0) is 37.5 Å². The van der Waals surface area contributed by atoms with Crippen LogP contribution in [0.1, 0.15) is 39.5 Å². The quantitative estimate of drug-likeness (QED) is 0.636. The van der Waals surface area contributed by atoms with Crippen LogP contribution in [0.15, 0.2) is 0 Å². The van der Waals surface area contributed by atoms with E-state index in [9.17, 15) is 9.59 Å². The smallest absolute Gasteiger partial charge is 0.123 e. The fourth-order valence-corrected chi connectivity index (χ4v) is 2.31. The average Bonchev–Trinajstić information content (AvgIpc) is 2.19. The van der Waals surface area contributed by atoms with Gasteiger partial charge in [-0.3, -0.25) is 0 Å². The van der Waals surface area contributed by atoms with Crippen molar-refractivity contribution < 1.29 is 9.59 Å². The zero-order valence-corrected chi connectivity index (χ0v) is 9.11. The van der Waals surface area contributed by atoms with E-state index in [1.165, 1.54) is 0 Å². The van der Waals surface area contributed by atoms with Crippen LogP contribution in [-0.4, -0.2) is 12.6 Å². The third-order valence-electron chi connectivity index (χ3n) is 3.72. The average molecular weight is 196 g/mol. The summed E-state index contributed by atoms with van der Waals surface area (Å²) in [5.74, 6) is 1.32. The van der Waals surface area contributed by atoms with E-state index in [2.05, 4.69) is 13.8 Å². The SMILES string of the molecule is CC1CCC(C)C(C=O)CCC1C=O. The van der Waals surface area contributed by atoms with Crippen LogP contribution in [0.25, 0.3) is 0 Å². The monoisotopic (exact) mass is 196 g/mol. The second-order valence-corrected chi connectivity index (χ2v) is 4.71. The first kappa shape index (κ1) is 11.4. The minimum absolute atomic E-state index is 0.171. The molecule has 0 aromatic carbocycles. The third kappa shape index (κ3) is 2.66. The van der Waals surface area contributed by atoms with E-state index in [4.69, 9.17) is 0 Å². The van der Waals surface area contributed by atoms with Crippen LogP contribution in [-0.2, 0) is 9.59 Å². The van der Waals surface area contributed by atoms with Gasteiger partial charge in [0.1, 0.15) is 12.6 Å². The Morgan fingerprint density at radius 2 is 1.14 bits per heavy atom. The molecule has 0 aromatic heterocycles. The van der Waals surface area contributed by atoms with Gasteiger partial charge in [0.05, 0.1) is 0 Å². The standard InChI is InChI=1S/C12H20O2/c1-9-3-4-10(2)12(8-14)6-5-11(9)7-13/h7-12H,3-6H2,1-2H3. The summed E-state index contributed by atoms with van der Waals surface area (Å²) in [5.41, 5.74) is 0. The first-order chi connectivity index (χ1) is 6.69. The molecular formula is C12H20O2. The summed E-state index contributed by atoms with van der Waals surface area (Å²) in [5, 5.41) is 0. The Labute approximate surface area is 86.1 Å². The normalized spacial score (nSPS) is 39.6. The summed E-state index contributed by atoms with van der Waals surface area (Å²) in [6.07, 6.45) is 6.08. The van der Waals surface area contributed by atoms with Crippen molar-refractivity contribution in [2.24, 2.45) is 23.7 Å². The zero-order valence-electron chi connectivity index (χ0n) is 9.11. The maximum Gasteiger partial charge on any atom is 0.123 e. The molecule has 14 heavy (non-hydrogen) atoms. The first-order valence-electron chi connectivity index (χ1n) is 5.59. The first-order valence-corrected chi connectivity index (χ1v) is 5.59. The van der Waals surface area contributed by atoms with Crippen LogP contribution in [0.3, 0.4) is 0 Å². The van der Waals surface area contributed by atoms with Gasteiger partial charge in [0.2, 0.25) is 0 Å². The van der Waals surface area contributed by atoms with E-state index in [1.54, 1.807) is 0 Å². The van der Waals surface area contributed by atoms with Crippen molar-refractivity contribution in [3.63, 3.8) is 0 Å². The van der Waals surface area contributed by atoms with Gasteiger partial charge in [0, 0.05) is 11.8 Å². The minimum atomic E-state index is 0.171. The molecule has 4 atom stereocenters. The molecule has 1 fully saturated rings. The van der Waals surface area contributed by atoms with Crippen molar-refractivity contribution in [3.8, 4) is 0 Å². The summed E-state index contributed by atoms with van der Waals surface area (Å²) < 4.78 is 0. The summed E-state index contributed by atoms with van der Waals surface area (Å²) in [6.45, 7) is 4.29. The Bertz CT molecular complexity index is 178. The highest BCUT2D eigenvalue weighted by molar-refractivity contribution is 5.56. The number of aldehydes is 2. The van der Waals surface area contributed by atoms with E-state index in [-0.39, 0.29) is 11.8 Å². The van der Waals surface area contributed by atoms with E-state index < -0.39 is 0 Å². The molecule has 2 nitrogen and oxygen atoms in total. The number of rotatable bonds is 2. The summed E-state index contributed by atoms with van der Waals surface area (Å²) >= 11 is 0. The molecule has 0 aliphatic heterocycles. The summed E-state index contributed by atoms with van der Waals surface area (Å²) in [7, 11) is 0. The molecule has 0 radical (unpaired) electrons. The highest BCUT2D eigenvalue weighted by atomic mass is 16.1. The fourth-order valence-electron chi connectivity index (χ4n) is 2.31. The Hall–Kier alpha value is -0.660. The lowest BCUT2D eigenvalue weighted by molar-refractivity contribution is -0.116.